The molecule has 0 spiro atoms. The molecule has 1 aromatic heterocycles. The number of hydrogen-bond acceptors (Lipinski definition) is 3. The highest BCUT2D eigenvalue weighted by Gasteiger charge is 2.32. The monoisotopic (exact) mass is 347 g/mol. The van der Waals surface area contributed by atoms with Crippen molar-refractivity contribution >= 4 is 32.7 Å². The summed E-state index contributed by atoms with van der Waals surface area (Å²) < 4.78 is 0. The summed E-state index contributed by atoms with van der Waals surface area (Å²) in [5, 5.41) is 2.06. The number of halogens is 1. The second kappa shape index (κ2) is 5.93. The van der Waals surface area contributed by atoms with Gasteiger partial charge in [0, 0.05) is 35.4 Å². The first-order valence-electron chi connectivity index (χ1n) is 7.46. The van der Waals surface area contributed by atoms with Crippen molar-refractivity contribution in [2.24, 2.45) is 5.92 Å². The van der Waals surface area contributed by atoms with Crippen LogP contribution in [0.15, 0.2) is 30.3 Å². The van der Waals surface area contributed by atoms with Crippen molar-refractivity contribution in [3.8, 4) is 0 Å². The number of pyridine rings is 1. The van der Waals surface area contributed by atoms with Gasteiger partial charge < -0.3 is 9.80 Å². The fourth-order valence-corrected chi connectivity index (χ4v) is 3.73. The molecule has 2 atom stereocenters. The van der Waals surface area contributed by atoms with E-state index in [9.17, 15) is 0 Å². The second-order valence-electron chi connectivity index (χ2n) is 6.21. The maximum absolute atomic E-state index is 4.93. The molecule has 4 heteroatoms. The predicted molar refractivity (Wildman–Crippen MR) is 93.2 cm³/mol. The van der Waals surface area contributed by atoms with Gasteiger partial charge in [0.05, 0.1) is 5.52 Å². The smallest absolute Gasteiger partial charge is 0.133 e. The minimum atomic E-state index is 0.599. The van der Waals surface area contributed by atoms with E-state index in [4.69, 9.17) is 4.98 Å². The van der Waals surface area contributed by atoms with Gasteiger partial charge >= 0.3 is 0 Å². The molecule has 1 aliphatic heterocycles. The van der Waals surface area contributed by atoms with Gasteiger partial charge in [-0.25, -0.2) is 4.98 Å². The third kappa shape index (κ3) is 2.79. The predicted octanol–water partition coefficient (Wildman–Crippen LogP) is 3.52. The van der Waals surface area contributed by atoms with E-state index in [-0.39, 0.29) is 0 Å². The highest BCUT2D eigenvalue weighted by Crippen LogP contribution is 2.30. The van der Waals surface area contributed by atoms with Crippen molar-refractivity contribution in [1.82, 2.24) is 9.88 Å². The van der Waals surface area contributed by atoms with Gasteiger partial charge in [0.1, 0.15) is 5.82 Å². The number of anilines is 1. The van der Waals surface area contributed by atoms with Crippen molar-refractivity contribution in [2.75, 3.05) is 32.1 Å². The average Bonchev–Trinajstić information content (AvgIpc) is 2.88. The molecule has 0 bridgehead atoms. The number of aromatic nitrogens is 1. The third-order valence-electron chi connectivity index (χ3n) is 4.46. The lowest BCUT2D eigenvalue weighted by Crippen LogP contribution is -2.34. The first kappa shape index (κ1) is 14.8. The number of likely N-dealkylation sites (N-methyl/N-ethyl adjacent to an activating group) is 1. The molecule has 21 heavy (non-hydrogen) atoms. The molecule has 0 N–H and O–H groups in total. The number of benzene rings is 1. The third-order valence-corrected chi connectivity index (χ3v) is 5.06. The van der Waals surface area contributed by atoms with Crippen molar-refractivity contribution in [3.05, 3.63) is 35.9 Å². The number of para-hydroxylation sites is 1. The van der Waals surface area contributed by atoms with E-state index in [1.165, 1.54) is 10.9 Å². The van der Waals surface area contributed by atoms with Crippen LogP contribution in [0.25, 0.3) is 10.9 Å². The first-order chi connectivity index (χ1) is 10.1. The van der Waals surface area contributed by atoms with Gasteiger partial charge in [-0.3, -0.25) is 0 Å². The lowest BCUT2D eigenvalue weighted by Gasteiger charge is -2.23. The number of rotatable bonds is 3. The summed E-state index contributed by atoms with van der Waals surface area (Å²) >= 11 is 3.62. The number of fused-ring (bicyclic) bond motifs is 1. The van der Waals surface area contributed by atoms with Gasteiger partial charge in [-0.2, -0.15) is 0 Å². The summed E-state index contributed by atoms with van der Waals surface area (Å²) in [4.78, 5) is 9.71. The Morgan fingerprint density at radius 3 is 2.71 bits per heavy atom. The Balaban J connectivity index is 2.00. The summed E-state index contributed by atoms with van der Waals surface area (Å²) in [6, 6.07) is 11.2. The number of nitrogens with zero attached hydrogens (tertiary/aromatic N) is 3. The second-order valence-corrected chi connectivity index (χ2v) is 6.77. The summed E-state index contributed by atoms with van der Waals surface area (Å²) in [6.07, 6.45) is 0. The molecule has 2 unspecified atom stereocenters. The Morgan fingerprint density at radius 2 is 2.05 bits per heavy atom. The molecular weight excluding hydrogens is 326 g/mol. The van der Waals surface area contributed by atoms with E-state index >= 15 is 0 Å². The summed E-state index contributed by atoms with van der Waals surface area (Å²) in [6.45, 7) is 4.47. The molecule has 2 heterocycles. The lowest BCUT2D eigenvalue weighted by molar-refractivity contribution is 0.266. The van der Waals surface area contributed by atoms with E-state index in [1.807, 2.05) is 0 Å². The van der Waals surface area contributed by atoms with Gasteiger partial charge in [0.25, 0.3) is 0 Å². The van der Waals surface area contributed by atoms with Gasteiger partial charge in [0.15, 0.2) is 0 Å². The molecule has 0 aliphatic carbocycles. The number of hydrogen-bond donors (Lipinski definition) is 0. The minimum absolute atomic E-state index is 0.599. The molecule has 112 valence electrons. The molecule has 0 radical (unpaired) electrons. The van der Waals surface area contributed by atoms with E-state index in [0.717, 1.165) is 29.8 Å². The molecule has 1 saturated heterocycles. The maximum atomic E-state index is 4.93. The zero-order valence-corrected chi connectivity index (χ0v) is 14.5. The molecule has 1 aromatic carbocycles. The highest BCUT2D eigenvalue weighted by molar-refractivity contribution is 9.08. The van der Waals surface area contributed by atoms with Crippen LogP contribution in [0.2, 0.25) is 0 Å². The SMILES string of the molecule is CC1CN(c2nc3ccccc3cc2CBr)CC1N(C)C. The van der Waals surface area contributed by atoms with Crippen LogP contribution >= 0.6 is 15.9 Å². The topological polar surface area (TPSA) is 19.4 Å². The van der Waals surface area contributed by atoms with Crippen LogP contribution in [-0.4, -0.2) is 43.1 Å². The average molecular weight is 348 g/mol. The standard InChI is InChI=1S/C17H22BrN3/c1-12-10-21(11-16(12)20(2)3)17-14(9-18)8-13-6-4-5-7-15(13)19-17/h4-8,12,16H,9-11H2,1-3H3. The largest absolute Gasteiger partial charge is 0.354 e. The maximum Gasteiger partial charge on any atom is 0.133 e. The van der Waals surface area contributed by atoms with E-state index in [1.54, 1.807) is 0 Å². The zero-order valence-electron chi connectivity index (χ0n) is 12.9. The normalized spacial score (nSPS) is 22.4. The number of alkyl halides is 1. The summed E-state index contributed by atoms with van der Waals surface area (Å²) in [5.74, 6) is 1.80. The molecule has 0 amide bonds. The van der Waals surface area contributed by atoms with Crippen LogP contribution in [0.4, 0.5) is 5.82 Å². The Bertz CT molecular complexity index is 641. The summed E-state index contributed by atoms with van der Waals surface area (Å²) in [5.41, 5.74) is 2.36. The Kier molecular flexibility index (Phi) is 4.18. The van der Waals surface area contributed by atoms with Crippen LogP contribution in [0.5, 0.6) is 0 Å². The van der Waals surface area contributed by atoms with Crippen molar-refractivity contribution < 1.29 is 0 Å². The molecule has 1 fully saturated rings. The fraction of sp³-hybridized carbons (Fsp3) is 0.471. The van der Waals surface area contributed by atoms with Crippen LogP contribution in [0.1, 0.15) is 12.5 Å². The van der Waals surface area contributed by atoms with E-state index < -0.39 is 0 Å². The van der Waals surface area contributed by atoms with Crippen LogP contribution in [0, 0.1) is 5.92 Å². The van der Waals surface area contributed by atoms with E-state index in [2.05, 4.69) is 77.1 Å². The lowest BCUT2D eigenvalue weighted by atomic mass is 10.1. The molecular formula is C17H22BrN3. The summed E-state index contributed by atoms with van der Waals surface area (Å²) in [7, 11) is 4.34. The van der Waals surface area contributed by atoms with Crippen molar-refractivity contribution in [1.29, 1.82) is 0 Å². The fourth-order valence-electron chi connectivity index (χ4n) is 3.32. The van der Waals surface area contributed by atoms with Gasteiger partial charge in [0.2, 0.25) is 0 Å². The van der Waals surface area contributed by atoms with Crippen molar-refractivity contribution in [2.45, 2.75) is 18.3 Å². The molecule has 1 aliphatic rings. The Hall–Kier alpha value is -1.13. The van der Waals surface area contributed by atoms with Gasteiger partial charge in [-0.15, -0.1) is 0 Å². The quantitative estimate of drug-likeness (QED) is 0.792. The molecule has 3 nitrogen and oxygen atoms in total. The van der Waals surface area contributed by atoms with Crippen molar-refractivity contribution in [3.63, 3.8) is 0 Å². The Morgan fingerprint density at radius 1 is 1.29 bits per heavy atom. The molecule has 0 saturated carbocycles. The zero-order chi connectivity index (χ0) is 15.0. The van der Waals surface area contributed by atoms with Crippen LogP contribution < -0.4 is 4.90 Å². The van der Waals surface area contributed by atoms with E-state index in [0.29, 0.717) is 12.0 Å². The minimum Gasteiger partial charge on any atom is -0.354 e. The van der Waals surface area contributed by atoms with Gasteiger partial charge in [-0.1, -0.05) is 41.1 Å². The van der Waals surface area contributed by atoms with Gasteiger partial charge in [-0.05, 0) is 32.1 Å². The Labute approximate surface area is 135 Å². The molecule has 2 aromatic rings. The molecule has 3 rings (SSSR count). The van der Waals surface area contributed by atoms with Crippen LogP contribution in [0.3, 0.4) is 0 Å². The van der Waals surface area contributed by atoms with Crippen LogP contribution in [-0.2, 0) is 5.33 Å². The highest BCUT2D eigenvalue weighted by atomic mass is 79.9. The first-order valence-corrected chi connectivity index (χ1v) is 8.58.